The van der Waals surface area contributed by atoms with Crippen molar-refractivity contribution < 1.29 is 4.74 Å². The van der Waals surface area contributed by atoms with Gasteiger partial charge in [0.05, 0.1) is 5.39 Å². The standard InChI is InChI=1S/C13H19N3OS/c1-3-7-14-12-10-6-9-18-13(10)16-11(15-12)5-4-8-17-2/h6,9H,3-5,7-8H2,1-2H3,(H,14,15,16). The summed E-state index contributed by atoms with van der Waals surface area (Å²) in [5, 5.41) is 6.57. The van der Waals surface area contributed by atoms with Crippen LogP contribution >= 0.6 is 11.3 Å². The molecule has 5 heteroatoms. The van der Waals surface area contributed by atoms with Crippen LogP contribution in [0.3, 0.4) is 0 Å². The van der Waals surface area contributed by atoms with Crippen molar-refractivity contribution in [2.75, 3.05) is 25.6 Å². The molecule has 0 saturated heterocycles. The lowest BCUT2D eigenvalue weighted by Gasteiger charge is -2.07. The van der Waals surface area contributed by atoms with E-state index in [1.165, 1.54) is 0 Å². The Balaban J connectivity index is 2.20. The first-order valence-corrected chi connectivity index (χ1v) is 7.20. The quantitative estimate of drug-likeness (QED) is 0.781. The highest BCUT2D eigenvalue weighted by atomic mass is 32.1. The summed E-state index contributed by atoms with van der Waals surface area (Å²) in [4.78, 5) is 10.3. The molecule has 2 aromatic rings. The molecule has 2 aromatic heterocycles. The van der Waals surface area contributed by atoms with Gasteiger partial charge in [-0.2, -0.15) is 0 Å². The number of ether oxygens (including phenoxy) is 1. The smallest absolute Gasteiger partial charge is 0.138 e. The summed E-state index contributed by atoms with van der Waals surface area (Å²) in [7, 11) is 1.72. The maximum absolute atomic E-state index is 5.06. The van der Waals surface area contributed by atoms with E-state index in [1.807, 2.05) is 0 Å². The highest BCUT2D eigenvalue weighted by Gasteiger charge is 2.08. The maximum atomic E-state index is 5.06. The molecule has 18 heavy (non-hydrogen) atoms. The van der Waals surface area contributed by atoms with E-state index in [0.717, 1.165) is 54.3 Å². The number of hydrogen-bond acceptors (Lipinski definition) is 5. The first-order valence-electron chi connectivity index (χ1n) is 6.32. The number of hydrogen-bond donors (Lipinski definition) is 1. The zero-order valence-electron chi connectivity index (χ0n) is 10.9. The van der Waals surface area contributed by atoms with Gasteiger partial charge in [-0.25, -0.2) is 9.97 Å². The van der Waals surface area contributed by atoms with Gasteiger partial charge in [-0.05, 0) is 24.3 Å². The summed E-state index contributed by atoms with van der Waals surface area (Å²) in [5.74, 6) is 1.87. The number of aromatic nitrogens is 2. The van der Waals surface area contributed by atoms with Crippen molar-refractivity contribution in [1.29, 1.82) is 0 Å². The van der Waals surface area contributed by atoms with E-state index in [-0.39, 0.29) is 0 Å². The van der Waals surface area contributed by atoms with E-state index in [9.17, 15) is 0 Å². The van der Waals surface area contributed by atoms with Crippen molar-refractivity contribution in [2.45, 2.75) is 26.2 Å². The third-order valence-corrected chi connectivity index (χ3v) is 3.47. The molecule has 2 rings (SSSR count). The minimum absolute atomic E-state index is 0.754. The predicted molar refractivity (Wildman–Crippen MR) is 76.4 cm³/mol. The second-order valence-electron chi connectivity index (χ2n) is 4.15. The summed E-state index contributed by atoms with van der Waals surface area (Å²) in [6.45, 7) is 3.85. The van der Waals surface area contributed by atoms with Gasteiger partial charge in [0.2, 0.25) is 0 Å². The average Bonchev–Trinajstić information content (AvgIpc) is 2.84. The average molecular weight is 265 g/mol. The summed E-state index contributed by atoms with van der Waals surface area (Å²) in [6.07, 6.45) is 2.91. The molecule has 4 nitrogen and oxygen atoms in total. The minimum atomic E-state index is 0.754. The Morgan fingerprint density at radius 2 is 2.28 bits per heavy atom. The summed E-state index contributed by atoms with van der Waals surface area (Å²) < 4.78 is 5.06. The summed E-state index contributed by atoms with van der Waals surface area (Å²) in [5.41, 5.74) is 0. The number of rotatable bonds is 7. The lowest BCUT2D eigenvalue weighted by molar-refractivity contribution is 0.194. The van der Waals surface area contributed by atoms with E-state index < -0.39 is 0 Å². The van der Waals surface area contributed by atoms with E-state index in [4.69, 9.17) is 4.74 Å². The number of nitrogens with zero attached hydrogens (tertiary/aromatic N) is 2. The Morgan fingerprint density at radius 1 is 1.39 bits per heavy atom. The summed E-state index contributed by atoms with van der Waals surface area (Å²) >= 11 is 1.67. The van der Waals surface area contributed by atoms with Crippen molar-refractivity contribution in [1.82, 2.24) is 9.97 Å². The third kappa shape index (κ3) is 3.17. The molecule has 0 spiro atoms. The van der Waals surface area contributed by atoms with E-state index in [2.05, 4.69) is 33.7 Å². The zero-order valence-corrected chi connectivity index (χ0v) is 11.7. The fourth-order valence-electron chi connectivity index (χ4n) is 1.76. The molecule has 0 radical (unpaired) electrons. The van der Waals surface area contributed by atoms with E-state index >= 15 is 0 Å². The van der Waals surface area contributed by atoms with Crippen LogP contribution in [-0.2, 0) is 11.2 Å². The van der Waals surface area contributed by atoms with Gasteiger partial charge >= 0.3 is 0 Å². The highest BCUT2D eigenvalue weighted by Crippen LogP contribution is 2.25. The largest absolute Gasteiger partial charge is 0.385 e. The van der Waals surface area contributed by atoms with E-state index in [1.54, 1.807) is 18.4 Å². The van der Waals surface area contributed by atoms with Gasteiger partial charge in [-0.1, -0.05) is 6.92 Å². The number of aryl methyl sites for hydroxylation is 1. The van der Waals surface area contributed by atoms with Crippen molar-refractivity contribution >= 4 is 27.4 Å². The van der Waals surface area contributed by atoms with Crippen LogP contribution in [0.2, 0.25) is 0 Å². The van der Waals surface area contributed by atoms with Crippen LogP contribution < -0.4 is 5.32 Å². The first-order chi connectivity index (χ1) is 8.85. The van der Waals surface area contributed by atoms with Gasteiger partial charge in [0, 0.05) is 26.7 Å². The molecule has 1 N–H and O–H groups in total. The van der Waals surface area contributed by atoms with Crippen LogP contribution in [0.5, 0.6) is 0 Å². The molecule has 2 heterocycles. The SMILES string of the molecule is CCCNc1nc(CCCOC)nc2sccc12. The number of anilines is 1. The number of methoxy groups -OCH3 is 1. The van der Waals surface area contributed by atoms with Crippen molar-refractivity contribution in [3.63, 3.8) is 0 Å². The second kappa shape index (κ2) is 6.66. The molecule has 0 unspecified atom stereocenters. The van der Waals surface area contributed by atoms with Gasteiger partial charge in [0.1, 0.15) is 16.5 Å². The monoisotopic (exact) mass is 265 g/mol. The number of nitrogens with one attached hydrogen (secondary N) is 1. The predicted octanol–water partition coefficient (Wildman–Crippen LogP) is 3.09. The van der Waals surface area contributed by atoms with Crippen molar-refractivity contribution in [2.24, 2.45) is 0 Å². The molecular weight excluding hydrogens is 246 g/mol. The second-order valence-corrected chi connectivity index (χ2v) is 5.05. The lowest BCUT2D eigenvalue weighted by Crippen LogP contribution is -2.06. The molecule has 0 aliphatic heterocycles. The van der Waals surface area contributed by atoms with Gasteiger partial charge in [0.25, 0.3) is 0 Å². The Hall–Kier alpha value is -1.20. The van der Waals surface area contributed by atoms with Crippen LogP contribution in [-0.4, -0.2) is 30.2 Å². The van der Waals surface area contributed by atoms with Crippen LogP contribution in [0.4, 0.5) is 5.82 Å². The molecular formula is C13H19N3OS. The Morgan fingerprint density at radius 3 is 3.06 bits per heavy atom. The molecule has 0 aromatic carbocycles. The fourth-order valence-corrected chi connectivity index (χ4v) is 2.55. The van der Waals surface area contributed by atoms with Crippen molar-refractivity contribution in [3.8, 4) is 0 Å². The molecule has 0 aliphatic carbocycles. The highest BCUT2D eigenvalue weighted by molar-refractivity contribution is 7.16. The minimum Gasteiger partial charge on any atom is -0.385 e. The molecule has 0 amide bonds. The zero-order chi connectivity index (χ0) is 12.8. The molecule has 0 aliphatic rings. The molecule has 0 atom stereocenters. The molecule has 0 fully saturated rings. The summed E-state index contributed by atoms with van der Waals surface area (Å²) in [6, 6.07) is 2.08. The van der Waals surface area contributed by atoms with E-state index in [0.29, 0.717) is 0 Å². The fraction of sp³-hybridized carbons (Fsp3) is 0.538. The Labute approximate surface area is 111 Å². The normalized spacial score (nSPS) is 11.0. The van der Waals surface area contributed by atoms with Gasteiger partial charge in [0.15, 0.2) is 0 Å². The van der Waals surface area contributed by atoms with Gasteiger partial charge in [-0.15, -0.1) is 11.3 Å². The molecule has 98 valence electrons. The molecule has 0 saturated carbocycles. The maximum Gasteiger partial charge on any atom is 0.138 e. The van der Waals surface area contributed by atoms with Gasteiger partial charge < -0.3 is 10.1 Å². The van der Waals surface area contributed by atoms with Gasteiger partial charge in [-0.3, -0.25) is 0 Å². The first kappa shape index (κ1) is 13.2. The van der Waals surface area contributed by atoms with Crippen LogP contribution in [0.1, 0.15) is 25.6 Å². The van der Waals surface area contributed by atoms with Crippen molar-refractivity contribution in [3.05, 3.63) is 17.3 Å². The van der Waals surface area contributed by atoms with Crippen LogP contribution in [0.25, 0.3) is 10.2 Å². The molecule has 0 bridgehead atoms. The third-order valence-electron chi connectivity index (χ3n) is 2.66. The van der Waals surface area contributed by atoms with Crippen LogP contribution in [0.15, 0.2) is 11.4 Å². The van der Waals surface area contributed by atoms with Crippen LogP contribution in [0, 0.1) is 0 Å². The number of thiophene rings is 1. The number of fused-ring (bicyclic) bond motifs is 1. The Kier molecular flexibility index (Phi) is 4.90. The Bertz CT molecular complexity index is 498. The topological polar surface area (TPSA) is 47.0 Å². The lowest BCUT2D eigenvalue weighted by atomic mass is 10.3.